The third-order valence-electron chi connectivity index (χ3n) is 2.09. The van der Waals surface area contributed by atoms with Gasteiger partial charge in [-0.25, -0.2) is 4.79 Å². The number of thioether (sulfide) groups is 1. The van der Waals surface area contributed by atoms with Crippen LogP contribution in [0.1, 0.15) is 6.42 Å². The zero-order chi connectivity index (χ0) is 16.3. The molecule has 21 heavy (non-hydrogen) atoms. The summed E-state index contributed by atoms with van der Waals surface area (Å²) >= 11 is 1.22. The normalized spacial score (nSPS) is 13.0. The number of esters is 2. The first-order chi connectivity index (χ1) is 9.86. The van der Waals surface area contributed by atoms with Crippen molar-refractivity contribution in [2.75, 3.05) is 24.7 Å². The quantitative estimate of drug-likeness (QED) is 0.252. The van der Waals surface area contributed by atoms with Crippen LogP contribution in [0.5, 0.6) is 0 Å². The molecule has 9 heteroatoms. The fourth-order valence-electron chi connectivity index (χ4n) is 0.984. The Morgan fingerprint density at radius 1 is 1.29 bits per heavy atom. The molecule has 0 aliphatic carbocycles. The molecule has 0 fully saturated rings. The largest absolute Gasteiger partial charge is 0.480 e. The summed E-state index contributed by atoms with van der Waals surface area (Å²) in [5.74, 6) is -1.75. The SMILES string of the molecule is C=CC(=O)OCC(O)COC(=O)CCSCC(N)C(=O)O. The molecule has 0 spiro atoms. The smallest absolute Gasteiger partial charge is 0.330 e. The van der Waals surface area contributed by atoms with Crippen molar-refractivity contribution in [3.63, 3.8) is 0 Å². The minimum atomic E-state index is -1.11. The number of aliphatic hydroxyl groups is 1. The van der Waals surface area contributed by atoms with Gasteiger partial charge in [-0.3, -0.25) is 9.59 Å². The predicted octanol–water partition coefficient (Wildman–Crippen LogP) is -0.845. The van der Waals surface area contributed by atoms with Gasteiger partial charge < -0.3 is 25.4 Å². The van der Waals surface area contributed by atoms with E-state index in [4.69, 9.17) is 15.6 Å². The van der Waals surface area contributed by atoms with E-state index in [2.05, 4.69) is 11.3 Å². The fourth-order valence-corrected chi connectivity index (χ4v) is 1.86. The highest BCUT2D eigenvalue weighted by Gasteiger charge is 2.13. The number of carbonyl (C=O) groups is 3. The third-order valence-corrected chi connectivity index (χ3v) is 3.17. The molecular formula is C12H19NO7S. The van der Waals surface area contributed by atoms with Crippen LogP contribution in [0.3, 0.4) is 0 Å². The van der Waals surface area contributed by atoms with Crippen molar-refractivity contribution in [3.05, 3.63) is 12.7 Å². The molecule has 4 N–H and O–H groups in total. The lowest BCUT2D eigenvalue weighted by atomic mass is 10.4. The second kappa shape index (κ2) is 11.1. The first kappa shape index (κ1) is 19.4. The van der Waals surface area contributed by atoms with Gasteiger partial charge in [0.05, 0.1) is 6.42 Å². The maximum absolute atomic E-state index is 11.3. The molecule has 0 aliphatic heterocycles. The monoisotopic (exact) mass is 321 g/mol. The number of hydrogen-bond acceptors (Lipinski definition) is 8. The molecule has 120 valence electrons. The number of nitrogens with two attached hydrogens (primary N) is 1. The first-order valence-corrected chi connectivity index (χ1v) is 7.21. The van der Waals surface area contributed by atoms with Crippen molar-refractivity contribution in [1.29, 1.82) is 0 Å². The van der Waals surface area contributed by atoms with Gasteiger partial charge in [0.15, 0.2) is 0 Å². The number of carboxylic acids is 1. The van der Waals surface area contributed by atoms with Gasteiger partial charge in [-0.05, 0) is 0 Å². The van der Waals surface area contributed by atoms with Gasteiger partial charge in [0, 0.05) is 17.6 Å². The molecule has 2 atom stereocenters. The summed E-state index contributed by atoms with van der Waals surface area (Å²) in [5.41, 5.74) is 5.28. The lowest BCUT2D eigenvalue weighted by Crippen LogP contribution is -2.32. The van der Waals surface area contributed by atoms with Crippen molar-refractivity contribution < 1.29 is 34.1 Å². The fraction of sp³-hybridized carbons (Fsp3) is 0.583. The van der Waals surface area contributed by atoms with E-state index >= 15 is 0 Å². The number of ether oxygens (including phenoxy) is 2. The van der Waals surface area contributed by atoms with E-state index in [9.17, 15) is 19.5 Å². The first-order valence-electron chi connectivity index (χ1n) is 6.05. The minimum absolute atomic E-state index is 0.0656. The summed E-state index contributed by atoms with van der Waals surface area (Å²) in [6.45, 7) is 2.61. The van der Waals surface area contributed by atoms with E-state index in [-0.39, 0.29) is 25.4 Å². The third kappa shape index (κ3) is 10.8. The number of aliphatic carboxylic acids is 1. The molecule has 0 aromatic carbocycles. The number of rotatable bonds is 11. The Kier molecular flexibility index (Phi) is 10.3. The molecule has 0 amide bonds. The molecule has 0 bridgehead atoms. The maximum Gasteiger partial charge on any atom is 0.330 e. The summed E-state index contributed by atoms with van der Waals surface area (Å²) < 4.78 is 9.32. The molecular weight excluding hydrogens is 302 g/mol. The van der Waals surface area contributed by atoms with Crippen LogP contribution < -0.4 is 5.73 Å². The predicted molar refractivity (Wildman–Crippen MR) is 75.7 cm³/mol. The highest BCUT2D eigenvalue weighted by atomic mass is 32.2. The molecule has 8 nitrogen and oxygen atoms in total. The highest BCUT2D eigenvalue weighted by Crippen LogP contribution is 2.05. The van der Waals surface area contributed by atoms with Crippen molar-refractivity contribution >= 4 is 29.7 Å². The van der Waals surface area contributed by atoms with Crippen molar-refractivity contribution in [2.24, 2.45) is 5.73 Å². The molecule has 0 saturated carbocycles. The Labute approximate surface area is 126 Å². The maximum atomic E-state index is 11.3. The topological polar surface area (TPSA) is 136 Å². The highest BCUT2D eigenvalue weighted by molar-refractivity contribution is 7.99. The van der Waals surface area contributed by atoms with E-state index < -0.39 is 30.1 Å². The van der Waals surface area contributed by atoms with Gasteiger partial charge >= 0.3 is 17.9 Å². The molecule has 0 rings (SSSR count). The van der Waals surface area contributed by atoms with Crippen LogP contribution in [0.25, 0.3) is 0 Å². The van der Waals surface area contributed by atoms with E-state index in [1.807, 2.05) is 0 Å². The molecule has 0 aromatic rings. The zero-order valence-electron chi connectivity index (χ0n) is 11.4. The summed E-state index contributed by atoms with van der Waals surface area (Å²) in [4.78, 5) is 32.5. The van der Waals surface area contributed by atoms with Crippen LogP contribution in [0.4, 0.5) is 0 Å². The summed E-state index contributed by atoms with van der Waals surface area (Å²) in [7, 11) is 0. The summed E-state index contributed by atoms with van der Waals surface area (Å²) in [6, 6.07) is -0.965. The summed E-state index contributed by atoms with van der Waals surface area (Å²) in [6.07, 6.45) is -0.0838. The zero-order valence-corrected chi connectivity index (χ0v) is 12.2. The second-order valence-corrected chi connectivity index (χ2v) is 5.09. The van der Waals surface area contributed by atoms with Gasteiger partial charge in [0.25, 0.3) is 0 Å². The molecule has 2 unspecified atom stereocenters. The van der Waals surface area contributed by atoms with E-state index in [1.165, 1.54) is 11.8 Å². The van der Waals surface area contributed by atoms with Crippen LogP contribution >= 0.6 is 11.8 Å². The Balaban J connectivity index is 3.64. The van der Waals surface area contributed by atoms with Gasteiger partial charge in [-0.15, -0.1) is 0 Å². The number of hydrogen-bond donors (Lipinski definition) is 3. The standard InChI is InChI=1S/C12H19NO7S/c1-2-10(15)19-5-8(14)6-20-11(16)3-4-21-7-9(13)12(17)18/h2,8-9,14H,1,3-7,13H2,(H,17,18). The van der Waals surface area contributed by atoms with Crippen LogP contribution in [0.2, 0.25) is 0 Å². The molecule has 0 aromatic heterocycles. The Morgan fingerprint density at radius 2 is 1.90 bits per heavy atom. The molecule has 0 aliphatic rings. The van der Waals surface area contributed by atoms with Crippen molar-refractivity contribution in [2.45, 2.75) is 18.6 Å². The Morgan fingerprint density at radius 3 is 2.48 bits per heavy atom. The van der Waals surface area contributed by atoms with Crippen molar-refractivity contribution in [1.82, 2.24) is 0 Å². The molecule has 0 heterocycles. The average Bonchev–Trinajstić information content (AvgIpc) is 2.46. The lowest BCUT2D eigenvalue weighted by molar-refractivity contribution is -0.149. The Hall–Kier alpha value is -1.58. The average molecular weight is 321 g/mol. The second-order valence-electron chi connectivity index (χ2n) is 3.94. The minimum Gasteiger partial charge on any atom is -0.480 e. The van der Waals surface area contributed by atoms with E-state index in [1.54, 1.807) is 0 Å². The van der Waals surface area contributed by atoms with Gasteiger partial charge in [-0.1, -0.05) is 6.58 Å². The van der Waals surface area contributed by atoms with Gasteiger partial charge in [0.1, 0.15) is 25.4 Å². The van der Waals surface area contributed by atoms with Crippen molar-refractivity contribution in [3.8, 4) is 0 Å². The van der Waals surface area contributed by atoms with E-state index in [0.29, 0.717) is 5.75 Å². The van der Waals surface area contributed by atoms with E-state index in [0.717, 1.165) is 6.08 Å². The molecule has 0 radical (unpaired) electrons. The van der Waals surface area contributed by atoms with Gasteiger partial charge in [-0.2, -0.15) is 11.8 Å². The van der Waals surface area contributed by atoms with Gasteiger partial charge in [0.2, 0.25) is 0 Å². The lowest BCUT2D eigenvalue weighted by Gasteiger charge is -2.11. The number of carboxylic acid groups (broad SMARTS) is 1. The van der Waals surface area contributed by atoms with Crippen LogP contribution in [0.15, 0.2) is 12.7 Å². The Bertz CT molecular complexity index is 375. The van der Waals surface area contributed by atoms with Crippen LogP contribution in [-0.4, -0.2) is 65.0 Å². The molecule has 0 saturated heterocycles. The number of aliphatic hydroxyl groups excluding tert-OH is 1. The van der Waals surface area contributed by atoms with Crippen LogP contribution in [-0.2, 0) is 23.9 Å². The summed E-state index contributed by atoms with van der Waals surface area (Å²) in [5, 5.41) is 17.9. The number of carbonyl (C=O) groups excluding carboxylic acids is 2. The van der Waals surface area contributed by atoms with Crippen LogP contribution in [0, 0.1) is 0 Å².